The summed E-state index contributed by atoms with van der Waals surface area (Å²) in [4.78, 5) is 5.85. The number of hydrogen-bond donors (Lipinski definition) is 3. The van der Waals surface area contributed by atoms with Crippen molar-refractivity contribution in [3.8, 4) is 0 Å². The molecule has 3 N–H and O–H groups in total. The highest BCUT2D eigenvalue weighted by atomic mass is 35.5. The number of para-hydroxylation sites is 1. The van der Waals surface area contributed by atoms with Crippen LogP contribution in [0.1, 0.15) is 30.5 Å². The summed E-state index contributed by atoms with van der Waals surface area (Å²) in [6.07, 6.45) is 3.61. The average molecular weight is 336 g/mol. The van der Waals surface area contributed by atoms with Gasteiger partial charge in [0.15, 0.2) is 0 Å². The third-order valence-corrected chi connectivity index (χ3v) is 5.30. The van der Waals surface area contributed by atoms with Crippen molar-refractivity contribution < 1.29 is 5.11 Å². The minimum Gasteiger partial charge on any atom is -0.395 e. The summed E-state index contributed by atoms with van der Waals surface area (Å²) in [5.41, 5.74) is 3.49. The first-order chi connectivity index (χ1) is 11.2. The number of aliphatic hydroxyl groups excluding tert-OH is 1. The highest BCUT2D eigenvalue weighted by Gasteiger charge is 2.20. The molecule has 1 aromatic heterocycles. The fraction of sp³-hybridized carbons (Fsp3) is 0.556. The Labute approximate surface area is 142 Å². The summed E-state index contributed by atoms with van der Waals surface area (Å²) in [7, 11) is 0. The topological polar surface area (TPSA) is 51.3 Å². The number of fused-ring (bicyclic) bond motifs is 1. The van der Waals surface area contributed by atoms with E-state index in [1.807, 2.05) is 12.1 Å². The van der Waals surface area contributed by atoms with E-state index in [0.717, 1.165) is 43.1 Å². The first-order valence-electron chi connectivity index (χ1n) is 8.52. The van der Waals surface area contributed by atoms with Crippen molar-refractivity contribution in [3.05, 3.63) is 34.5 Å². The van der Waals surface area contributed by atoms with E-state index in [1.54, 1.807) is 0 Å². The number of likely N-dealkylation sites (tertiary alicyclic amines) is 1. The molecule has 0 bridgehead atoms. The molecule has 0 aliphatic carbocycles. The van der Waals surface area contributed by atoms with Gasteiger partial charge < -0.3 is 15.4 Å². The molecule has 23 heavy (non-hydrogen) atoms. The minimum atomic E-state index is 0.277. The van der Waals surface area contributed by atoms with E-state index in [1.165, 1.54) is 29.5 Å². The fourth-order valence-corrected chi connectivity index (χ4v) is 3.77. The van der Waals surface area contributed by atoms with Crippen LogP contribution in [0.5, 0.6) is 0 Å². The number of aromatic nitrogens is 1. The van der Waals surface area contributed by atoms with Gasteiger partial charge in [0.1, 0.15) is 0 Å². The number of nitrogens with zero attached hydrogens (tertiary/aromatic N) is 1. The van der Waals surface area contributed by atoms with Crippen LogP contribution in [0.3, 0.4) is 0 Å². The molecule has 3 rings (SSSR count). The van der Waals surface area contributed by atoms with E-state index in [2.05, 4.69) is 28.2 Å². The molecule has 1 aromatic carbocycles. The van der Waals surface area contributed by atoms with Gasteiger partial charge in [-0.05, 0) is 37.9 Å². The number of aryl methyl sites for hydroxylation is 1. The van der Waals surface area contributed by atoms with Crippen LogP contribution in [0.4, 0.5) is 0 Å². The lowest BCUT2D eigenvalue weighted by molar-refractivity contribution is 0.0910. The van der Waals surface area contributed by atoms with Crippen LogP contribution in [-0.2, 0) is 6.54 Å². The van der Waals surface area contributed by atoms with E-state index >= 15 is 0 Å². The summed E-state index contributed by atoms with van der Waals surface area (Å²) in [5.74, 6) is 0. The molecule has 0 radical (unpaired) electrons. The molecule has 126 valence electrons. The summed E-state index contributed by atoms with van der Waals surface area (Å²) >= 11 is 6.26. The number of benzene rings is 1. The van der Waals surface area contributed by atoms with Crippen LogP contribution in [0, 0.1) is 6.92 Å². The molecule has 5 heteroatoms. The number of aliphatic hydroxyl groups is 1. The minimum absolute atomic E-state index is 0.277. The molecule has 0 amide bonds. The third-order valence-electron chi connectivity index (χ3n) is 4.98. The van der Waals surface area contributed by atoms with Crippen LogP contribution < -0.4 is 5.32 Å². The van der Waals surface area contributed by atoms with Crippen LogP contribution in [-0.4, -0.2) is 47.3 Å². The van der Waals surface area contributed by atoms with Crippen molar-refractivity contribution in [2.75, 3.05) is 26.2 Å². The van der Waals surface area contributed by atoms with E-state index < -0.39 is 0 Å². The zero-order valence-corrected chi connectivity index (χ0v) is 14.5. The quantitative estimate of drug-likeness (QED) is 0.711. The van der Waals surface area contributed by atoms with Gasteiger partial charge in [-0.2, -0.15) is 0 Å². The normalized spacial score (nSPS) is 19.5. The first-order valence-corrected chi connectivity index (χ1v) is 8.90. The molecule has 1 fully saturated rings. The molecule has 1 atom stereocenters. The zero-order valence-electron chi connectivity index (χ0n) is 13.7. The van der Waals surface area contributed by atoms with Crippen LogP contribution >= 0.6 is 11.6 Å². The van der Waals surface area contributed by atoms with Crippen LogP contribution in [0.2, 0.25) is 5.02 Å². The molecular formula is C18H26ClN3O. The summed E-state index contributed by atoms with van der Waals surface area (Å²) in [6.45, 7) is 6.25. The van der Waals surface area contributed by atoms with Crippen molar-refractivity contribution in [2.45, 2.75) is 38.8 Å². The Morgan fingerprint density at radius 3 is 3.04 bits per heavy atom. The maximum atomic E-state index is 9.46. The van der Waals surface area contributed by atoms with Gasteiger partial charge in [0.25, 0.3) is 0 Å². The highest BCUT2D eigenvalue weighted by Crippen LogP contribution is 2.27. The second-order valence-electron chi connectivity index (χ2n) is 6.44. The standard InChI is InChI=1S/C18H26ClN3O/c1-13-15-6-4-7-16(19)18(15)21-17(13)11-20-8-10-22-9-3-2-5-14(22)12-23/h4,6-7,14,20-21,23H,2-3,5,8-12H2,1H3. The van der Waals surface area contributed by atoms with Crippen LogP contribution in [0.25, 0.3) is 10.9 Å². The first kappa shape index (κ1) is 16.8. The summed E-state index contributed by atoms with van der Waals surface area (Å²) < 4.78 is 0. The molecule has 2 heterocycles. The monoisotopic (exact) mass is 335 g/mol. The second-order valence-corrected chi connectivity index (χ2v) is 6.84. The SMILES string of the molecule is Cc1c(CNCCN2CCCCC2CO)[nH]c2c(Cl)cccc12. The van der Waals surface area contributed by atoms with Gasteiger partial charge in [0, 0.05) is 36.8 Å². The predicted molar refractivity (Wildman–Crippen MR) is 96.1 cm³/mol. The number of halogens is 1. The third kappa shape index (κ3) is 3.72. The Morgan fingerprint density at radius 2 is 2.26 bits per heavy atom. The smallest absolute Gasteiger partial charge is 0.0648 e. The van der Waals surface area contributed by atoms with Crippen molar-refractivity contribution in [1.29, 1.82) is 0 Å². The van der Waals surface area contributed by atoms with Gasteiger partial charge >= 0.3 is 0 Å². The van der Waals surface area contributed by atoms with E-state index in [0.29, 0.717) is 6.04 Å². The number of rotatable bonds is 6. The molecule has 1 aliphatic heterocycles. The number of H-pyrrole nitrogens is 1. The fourth-order valence-electron chi connectivity index (χ4n) is 3.54. The second kappa shape index (κ2) is 7.67. The molecule has 2 aromatic rings. The molecule has 1 aliphatic rings. The van der Waals surface area contributed by atoms with Gasteiger partial charge in [-0.3, -0.25) is 4.90 Å². The lowest BCUT2D eigenvalue weighted by Crippen LogP contribution is -2.44. The molecule has 0 spiro atoms. The van der Waals surface area contributed by atoms with E-state index in [4.69, 9.17) is 11.6 Å². The highest BCUT2D eigenvalue weighted by molar-refractivity contribution is 6.35. The number of aromatic amines is 1. The predicted octanol–water partition coefficient (Wildman–Crippen LogP) is 3.07. The number of hydrogen-bond acceptors (Lipinski definition) is 3. The summed E-state index contributed by atoms with van der Waals surface area (Å²) in [6, 6.07) is 6.37. The molecule has 1 saturated heterocycles. The molecule has 0 saturated carbocycles. The van der Waals surface area contributed by atoms with Crippen molar-refractivity contribution in [1.82, 2.24) is 15.2 Å². The lowest BCUT2D eigenvalue weighted by Gasteiger charge is -2.34. The van der Waals surface area contributed by atoms with Gasteiger partial charge in [0.05, 0.1) is 17.1 Å². The van der Waals surface area contributed by atoms with Gasteiger partial charge in [0.2, 0.25) is 0 Å². The molecule has 4 nitrogen and oxygen atoms in total. The Bertz CT molecular complexity index is 655. The largest absolute Gasteiger partial charge is 0.395 e. The van der Waals surface area contributed by atoms with Gasteiger partial charge in [-0.25, -0.2) is 0 Å². The Balaban J connectivity index is 1.55. The lowest BCUT2D eigenvalue weighted by atomic mass is 10.0. The molecular weight excluding hydrogens is 310 g/mol. The van der Waals surface area contributed by atoms with Crippen LogP contribution in [0.15, 0.2) is 18.2 Å². The Hall–Kier alpha value is -1.07. The Morgan fingerprint density at radius 1 is 1.39 bits per heavy atom. The number of piperidine rings is 1. The zero-order chi connectivity index (χ0) is 16.2. The number of nitrogens with one attached hydrogen (secondary N) is 2. The van der Waals surface area contributed by atoms with E-state index in [-0.39, 0.29) is 6.61 Å². The maximum absolute atomic E-state index is 9.46. The van der Waals surface area contributed by atoms with Gasteiger partial charge in [-0.1, -0.05) is 30.2 Å². The Kier molecular flexibility index (Phi) is 5.59. The van der Waals surface area contributed by atoms with Crippen molar-refractivity contribution in [3.63, 3.8) is 0 Å². The van der Waals surface area contributed by atoms with Gasteiger partial charge in [-0.15, -0.1) is 0 Å². The van der Waals surface area contributed by atoms with Crippen molar-refractivity contribution in [2.24, 2.45) is 0 Å². The van der Waals surface area contributed by atoms with E-state index in [9.17, 15) is 5.11 Å². The maximum Gasteiger partial charge on any atom is 0.0648 e. The summed E-state index contributed by atoms with van der Waals surface area (Å²) in [5, 5.41) is 15.0. The molecule has 1 unspecified atom stereocenters. The van der Waals surface area contributed by atoms with Crippen molar-refractivity contribution >= 4 is 22.5 Å². The average Bonchev–Trinajstić information content (AvgIpc) is 2.90.